The van der Waals surface area contributed by atoms with Crippen LogP contribution in [0.4, 0.5) is 0 Å². The lowest BCUT2D eigenvalue weighted by atomic mass is 9.99. The number of nitrogens with zero attached hydrogens (tertiary/aromatic N) is 2. The smallest absolute Gasteiger partial charge is 0.281 e. The third-order valence-electron chi connectivity index (χ3n) is 4.18. The van der Waals surface area contributed by atoms with Crippen molar-refractivity contribution in [3.8, 4) is 0 Å². The molecule has 0 spiro atoms. The molecule has 1 atom stereocenters. The number of hydrogen-bond donors (Lipinski definition) is 1. The van der Waals surface area contributed by atoms with Gasteiger partial charge in [-0.05, 0) is 31.6 Å². The average molecular weight is 289 g/mol. The molecule has 0 aromatic rings. The van der Waals surface area contributed by atoms with Crippen LogP contribution >= 0.6 is 0 Å². The normalized spacial score (nSPS) is 28.4. The topological polar surface area (TPSA) is 83.7 Å². The summed E-state index contributed by atoms with van der Waals surface area (Å²) in [6.45, 7) is 4.05. The van der Waals surface area contributed by atoms with Crippen molar-refractivity contribution in [2.75, 3.05) is 26.2 Å². The summed E-state index contributed by atoms with van der Waals surface area (Å²) in [7, 11) is -3.42. The predicted molar refractivity (Wildman–Crippen MR) is 72.4 cm³/mol. The van der Waals surface area contributed by atoms with Gasteiger partial charge in [0.2, 0.25) is 5.91 Å². The Labute approximate surface area is 115 Å². The Morgan fingerprint density at radius 1 is 1.11 bits per heavy atom. The first-order valence-electron chi connectivity index (χ1n) is 6.96. The second kappa shape index (κ2) is 5.76. The number of hydrogen-bond acceptors (Lipinski definition) is 3. The maximum absolute atomic E-state index is 12.5. The summed E-state index contributed by atoms with van der Waals surface area (Å²) in [5, 5.41) is 0. The van der Waals surface area contributed by atoms with Crippen LogP contribution in [0.2, 0.25) is 0 Å². The molecule has 0 radical (unpaired) electrons. The molecule has 2 rings (SSSR count). The highest BCUT2D eigenvalue weighted by Gasteiger charge is 2.36. The van der Waals surface area contributed by atoms with Crippen molar-refractivity contribution in [1.82, 2.24) is 8.61 Å². The zero-order valence-corrected chi connectivity index (χ0v) is 12.2. The minimum Gasteiger partial charge on any atom is -0.369 e. The molecule has 2 heterocycles. The first-order valence-corrected chi connectivity index (χ1v) is 8.35. The van der Waals surface area contributed by atoms with E-state index in [1.165, 1.54) is 4.31 Å². The summed E-state index contributed by atoms with van der Waals surface area (Å²) in [6.07, 6.45) is 3.22. The van der Waals surface area contributed by atoms with Gasteiger partial charge in [0.05, 0.1) is 5.92 Å². The minimum absolute atomic E-state index is 0.240. The lowest BCUT2D eigenvalue weighted by Crippen LogP contribution is -2.51. The van der Waals surface area contributed by atoms with Crippen molar-refractivity contribution in [3.05, 3.63) is 0 Å². The fourth-order valence-corrected chi connectivity index (χ4v) is 4.49. The van der Waals surface area contributed by atoms with Crippen LogP contribution in [-0.4, -0.2) is 49.1 Å². The number of nitrogens with two attached hydrogens (primary N) is 1. The van der Waals surface area contributed by atoms with Gasteiger partial charge in [0.1, 0.15) is 0 Å². The maximum Gasteiger partial charge on any atom is 0.281 e. The summed E-state index contributed by atoms with van der Waals surface area (Å²) < 4.78 is 28.0. The molecule has 0 bridgehead atoms. The second-order valence-electron chi connectivity index (χ2n) is 5.69. The van der Waals surface area contributed by atoms with E-state index in [0.717, 1.165) is 12.8 Å². The fourth-order valence-electron chi connectivity index (χ4n) is 2.76. The van der Waals surface area contributed by atoms with Gasteiger partial charge in [0.15, 0.2) is 0 Å². The molecule has 19 heavy (non-hydrogen) atoms. The zero-order chi connectivity index (χ0) is 14.0. The molecule has 2 N–H and O–H groups in total. The fraction of sp³-hybridized carbons (Fsp3) is 0.917. The van der Waals surface area contributed by atoms with Gasteiger partial charge in [-0.2, -0.15) is 17.0 Å². The number of rotatable bonds is 3. The van der Waals surface area contributed by atoms with Crippen molar-refractivity contribution >= 4 is 16.1 Å². The molecular formula is C12H23N3O3S. The third kappa shape index (κ3) is 3.27. The molecule has 2 fully saturated rings. The molecule has 2 aliphatic heterocycles. The lowest BCUT2D eigenvalue weighted by Gasteiger charge is -2.37. The van der Waals surface area contributed by atoms with E-state index in [0.29, 0.717) is 38.4 Å². The molecule has 2 aliphatic rings. The van der Waals surface area contributed by atoms with Gasteiger partial charge in [-0.15, -0.1) is 0 Å². The number of amides is 1. The standard InChI is InChI=1S/C12H23N3O3S/c1-10-4-7-14(8-5-10)19(17,18)15-6-2-3-11(9-15)12(13)16/h10-11H,2-9H2,1H3,(H2,13,16). The molecule has 7 heteroatoms. The van der Waals surface area contributed by atoms with E-state index >= 15 is 0 Å². The molecule has 0 aliphatic carbocycles. The van der Waals surface area contributed by atoms with E-state index in [1.807, 2.05) is 0 Å². The second-order valence-corrected chi connectivity index (χ2v) is 7.62. The Bertz CT molecular complexity index is 430. The van der Waals surface area contributed by atoms with Gasteiger partial charge in [-0.1, -0.05) is 6.92 Å². The quantitative estimate of drug-likeness (QED) is 0.803. The van der Waals surface area contributed by atoms with Crippen LogP contribution in [0.3, 0.4) is 0 Å². The SMILES string of the molecule is CC1CCN(S(=O)(=O)N2CCCC(C(N)=O)C2)CC1. The van der Waals surface area contributed by atoms with Crippen LogP contribution in [0.25, 0.3) is 0 Å². The summed E-state index contributed by atoms with van der Waals surface area (Å²) in [6, 6.07) is 0. The van der Waals surface area contributed by atoms with Gasteiger partial charge in [0.25, 0.3) is 10.2 Å². The zero-order valence-electron chi connectivity index (χ0n) is 11.4. The van der Waals surface area contributed by atoms with E-state index in [9.17, 15) is 13.2 Å². The summed E-state index contributed by atoms with van der Waals surface area (Å²) in [5.74, 6) is -0.148. The molecule has 6 nitrogen and oxygen atoms in total. The molecule has 1 unspecified atom stereocenters. The Balaban J connectivity index is 2.04. The lowest BCUT2D eigenvalue weighted by molar-refractivity contribution is -0.122. The van der Waals surface area contributed by atoms with Crippen LogP contribution in [-0.2, 0) is 15.0 Å². The Morgan fingerprint density at radius 3 is 2.32 bits per heavy atom. The number of primary amides is 1. The van der Waals surface area contributed by atoms with Gasteiger partial charge < -0.3 is 5.73 Å². The molecule has 0 aromatic heterocycles. The van der Waals surface area contributed by atoms with Crippen molar-refractivity contribution in [2.24, 2.45) is 17.6 Å². The van der Waals surface area contributed by atoms with Gasteiger partial charge in [0, 0.05) is 26.2 Å². The summed E-state index contributed by atoms with van der Waals surface area (Å²) in [4.78, 5) is 11.2. The van der Waals surface area contributed by atoms with Crippen molar-refractivity contribution in [1.29, 1.82) is 0 Å². The molecule has 0 saturated carbocycles. The first-order chi connectivity index (χ1) is 8.91. The van der Waals surface area contributed by atoms with Gasteiger partial charge in [-0.25, -0.2) is 0 Å². The highest BCUT2D eigenvalue weighted by molar-refractivity contribution is 7.86. The Kier molecular flexibility index (Phi) is 4.47. The molecule has 110 valence electrons. The highest BCUT2D eigenvalue weighted by atomic mass is 32.2. The van der Waals surface area contributed by atoms with E-state index in [4.69, 9.17) is 5.73 Å². The highest BCUT2D eigenvalue weighted by Crippen LogP contribution is 2.24. The van der Waals surface area contributed by atoms with Crippen LogP contribution < -0.4 is 5.73 Å². The van der Waals surface area contributed by atoms with Crippen LogP contribution in [0.15, 0.2) is 0 Å². The van der Waals surface area contributed by atoms with E-state index in [2.05, 4.69) is 6.92 Å². The third-order valence-corrected chi connectivity index (χ3v) is 6.18. The largest absolute Gasteiger partial charge is 0.369 e. The van der Waals surface area contributed by atoms with E-state index in [-0.39, 0.29) is 12.5 Å². The summed E-state index contributed by atoms with van der Waals surface area (Å²) in [5.41, 5.74) is 5.30. The Hall–Kier alpha value is -0.660. The first kappa shape index (κ1) is 14.7. The van der Waals surface area contributed by atoms with Gasteiger partial charge >= 0.3 is 0 Å². The minimum atomic E-state index is -3.42. The van der Waals surface area contributed by atoms with E-state index < -0.39 is 16.1 Å². The van der Waals surface area contributed by atoms with Crippen LogP contribution in [0, 0.1) is 11.8 Å². The Morgan fingerprint density at radius 2 is 1.74 bits per heavy atom. The molecule has 1 amide bonds. The van der Waals surface area contributed by atoms with Crippen LogP contribution in [0.1, 0.15) is 32.6 Å². The molecule has 2 saturated heterocycles. The van der Waals surface area contributed by atoms with Gasteiger partial charge in [-0.3, -0.25) is 4.79 Å². The monoisotopic (exact) mass is 289 g/mol. The summed E-state index contributed by atoms with van der Waals surface area (Å²) >= 11 is 0. The number of carbonyl (C=O) groups is 1. The average Bonchev–Trinajstić information content (AvgIpc) is 2.39. The number of carbonyl (C=O) groups excluding carboxylic acids is 1. The van der Waals surface area contributed by atoms with Crippen molar-refractivity contribution < 1.29 is 13.2 Å². The predicted octanol–water partition coefficient (Wildman–Crippen LogP) is 0.160. The van der Waals surface area contributed by atoms with Crippen molar-refractivity contribution in [3.63, 3.8) is 0 Å². The molecule has 0 aromatic carbocycles. The maximum atomic E-state index is 12.5. The van der Waals surface area contributed by atoms with Crippen molar-refractivity contribution in [2.45, 2.75) is 32.6 Å². The number of piperidine rings is 2. The van der Waals surface area contributed by atoms with E-state index in [1.54, 1.807) is 4.31 Å². The van der Waals surface area contributed by atoms with Crippen LogP contribution in [0.5, 0.6) is 0 Å². The molecular weight excluding hydrogens is 266 g/mol.